The van der Waals surface area contributed by atoms with E-state index in [2.05, 4.69) is 58.9 Å². The number of benzene rings is 3. The Labute approximate surface area is 251 Å². The average Bonchev–Trinajstić information content (AvgIpc) is 3.49. The van der Waals surface area contributed by atoms with Gasteiger partial charge in [0, 0.05) is 37.3 Å². The summed E-state index contributed by atoms with van der Waals surface area (Å²) in [6.45, 7) is 8.29. The lowest BCUT2D eigenvalue weighted by Crippen LogP contribution is -2.26. The van der Waals surface area contributed by atoms with Gasteiger partial charge >= 0.3 is 6.16 Å². The highest BCUT2D eigenvalue weighted by molar-refractivity contribution is 5.84. The Morgan fingerprint density at radius 3 is 2.40 bits per heavy atom. The Hall–Kier alpha value is -4.98. The van der Waals surface area contributed by atoms with Crippen molar-refractivity contribution >= 4 is 28.4 Å². The second kappa shape index (κ2) is 11.4. The van der Waals surface area contributed by atoms with E-state index in [0.717, 1.165) is 68.9 Å². The molecule has 0 atom stereocenters. The fourth-order valence-electron chi connectivity index (χ4n) is 5.31. The van der Waals surface area contributed by atoms with E-state index < -0.39 is 11.8 Å². The molecule has 0 amide bonds. The molecule has 6 rings (SSSR count). The SMILES string of the molecule is CCCc1nc2ccc(-c3nc4cccnc4n3C)cc2n1Cc1ccc(-c2ccccc2OC(=O)OC(C)(C)C)cc1. The number of rotatable bonds is 7. The first-order valence-electron chi connectivity index (χ1n) is 14.6. The Bertz CT molecular complexity index is 1930. The van der Waals surface area contributed by atoms with Gasteiger partial charge in [0.05, 0.1) is 11.0 Å². The minimum Gasteiger partial charge on any atom is -0.428 e. The first kappa shape index (κ1) is 28.2. The third-order valence-electron chi connectivity index (χ3n) is 7.26. The van der Waals surface area contributed by atoms with E-state index in [1.165, 1.54) is 0 Å². The number of hydrogen-bond donors (Lipinski definition) is 0. The number of nitrogens with zero attached hydrogens (tertiary/aromatic N) is 5. The number of aromatic nitrogens is 5. The molecule has 8 nitrogen and oxygen atoms in total. The average molecular weight is 574 g/mol. The van der Waals surface area contributed by atoms with E-state index in [4.69, 9.17) is 19.4 Å². The molecule has 0 aliphatic heterocycles. The van der Waals surface area contributed by atoms with E-state index in [0.29, 0.717) is 12.3 Å². The van der Waals surface area contributed by atoms with Crippen molar-refractivity contribution in [3.8, 4) is 28.3 Å². The number of aryl methyl sites for hydroxylation is 2. The van der Waals surface area contributed by atoms with Gasteiger partial charge < -0.3 is 18.6 Å². The predicted octanol–water partition coefficient (Wildman–Crippen LogP) is 7.97. The topological polar surface area (TPSA) is 84.1 Å². The van der Waals surface area contributed by atoms with E-state index in [1.807, 2.05) is 62.7 Å². The largest absolute Gasteiger partial charge is 0.514 e. The molecule has 0 spiro atoms. The van der Waals surface area contributed by atoms with Gasteiger partial charge in [-0.3, -0.25) is 0 Å². The van der Waals surface area contributed by atoms with Crippen LogP contribution in [0.1, 0.15) is 45.5 Å². The lowest BCUT2D eigenvalue weighted by Gasteiger charge is -2.19. The molecule has 0 saturated carbocycles. The maximum absolute atomic E-state index is 12.4. The number of fused-ring (bicyclic) bond motifs is 2. The zero-order valence-electron chi connectivity index (χ0n) is 25.2. The number of para-hydroxylation sites is 1. The molecule has 218 valence electrons. The van der Waals surface area contributed by atoms with Crippen LogP contribution in [0.3, 0.4) is 0 Å². The fraction of sp³-hybridized carbons (Fsp3) is 0.257. The Morgan fingerprint density at radius 1 is 0.884 bits per heavy atom. The Morgan fingerprint density at radius 2 is 1.65 bits per heavy atom. The van der Waals surface area contributed by atoms with Crippen molar-refractivity contribution in [1.82, 2.24) is 24.1 Å². The second-order valence-corrected chi connectivity index (χ2v) is 11.7. The monoisotopic (exact) mass is 573 g/mol. The molecule has 0 aliphatic rings. The summed E-state index contributed by atoms with van der Waals surface area (Å²) < 4.78 is 15.3. The van der Waals surface area contributed by atoms with Crippen LogP contribution in [0.5, 0.6) is 5.75 Å². The van der Waals surface area contributed by atoms with Crippen LogP contribution >= 0.6 is 0 Å². The summed E-state index contributed by atoms with van der Waals surface area (Å²) in [5.41, 5.74) is 7.07. The number of carbonyl (C=O) groups excluding carboxylic acids is 1. The van der Waals surface area contributed by atoms with E-state index in [9.17, 15) is 4.79 Å². The van der Waals surface area contributed by atoms with Crippen LogP contribution < -0.4 is 4.74 Å². The smallest absolute Gasteiger partial charge is 0.428 e. The van der Waals surface area contributed by atoms with Gasteiger partial charge in [-0.2, -0.15) is 0 Å². The summed E-state index contributed by atoms with van der Waals surface area (Å²) in [6, 6.07) is 26.1. The molecule has 3 aromatic heterocycles. The number of pyridine rings is 1. The molecule has 0 fully saturated rings. The summed E-state index contributed by atoms with van der Waals surface area (Å²) >= 11 is 0. The normalized spacial score (nSPS) is 11.7. The lowest BCUT2D eigenvalue weighted by molar-refractivity contribution is 0.0207. The van der Waals surface area contributed by atoms with Crippen LogP contribution in [-0.4, -0.2) is 35.8 Å². The fourth-order valence-corrected chi connectivity index (χ4v) is 5.31. The van der Waals surface area contributed by atoms with Gasteiger partial charge in [0.1, 0.15) is 28.5 Å². The van der Waals surface area contributed by atoms with Crippen LogP contribution in [0, 0.1) is 0 Å². The Kier molecular flexibility index (Phi) is 7.44. The van der Waals surface area contributed by atoms with Gasteiger partial charge in [-0.05, 0) is 74.7 Å². The maximum atomic E-state index is 12.4. The third-order valence-corrected chi connectivity index (χ3v) is 7.26. The van der Waals surface area contributed by atoms with Crippen LogP contribution in [0.25, 0.3) is 44.7 Å². The summed E-state index contributed by atoms with van der Waals surface area (Å²) in [5, 5.41) is 0. The molecular formula is C35H35N5O3. The number of carbonyl (C=O) groups is 1. The van der Waals surface area contributed by atoms with Crippen molar-refractivity contribution in [1.29, 1.82) is 0 Å². The van der Waals surface area contributed by atoms with Gasteiger partial charge in [-0.1, -0.05) is 49.4 Å². The molecular weight excluding hydrogens is 538 g/mol. The third kappa shape index (κ3) is 5.86. The van der Waals surface area contributed by atoms with Gasteiger partial charge in [-0.15, -0.1) is 0 Å². The highest BCUT2D eigenvalue weighted by atomic mass is 16.7. The van der Waals surface area contributed by atoms with E-state index in [-0.39, 0.29) is 0 Å². The van der Waals surface area contributed by atoms with Gasteiger partial charge in [0.2, 0.25) is 0 Å². The molecule has 0 bridgehead atoms. The maximum Gasteiger partial charge on any atom is 0.514 e. The van der Waals surface area contributed by atoms with Gasteiger partial charge in [0.15, 0.2) is 5.65 Å². The highest BCUT2D eigenvalue weighted by Gasteiger charge is 2.20. The first-order valence-corrected chi connectivity index (χ1v) is 14.6. The molecule has 43 heavy (non-hydrogen) atoms. The number of hydrogen-bond acceptors (Lipinski definition) is 6. The zero-order chi connectivity index (χ0) is 30.1. The molecule has 0 N–H and O–H groups in total. The van der Waals surface area contributed by atoms with Crippen molar-refractivity contribution in [3.63, 3.8) is 0 Å². The number of ether oxygens (including phenoxy) is 2. The summed E-state index contributed by atoms with van der Waals surface area (Å²) in [6.07, 6.45) is 2.95. The van der Waals surface area contributed by atoms with Crippen LogP contribution in [-0.2, 0) is 24.8 Å². The summed E-state index contributed by atoms with van der Waals surface area (Å²) in [4.78, 5) is 26.7. The zero-order valence-corrected chi connectivity index (χ0v) is 25.2. The van der Waals surface area contributed by atoms with Crippen molar-refractivity contribution < 1.29 is 14.3 Å². The number of imidazole rings is 2. The molecule has 0 saturated heterocycles. The van der Waals surface area contributed by atoms with Gasteiger partial charge in [-0.25, -0.2) is 19.7 Å². The predicted molar refractivity (Wildman–Crippen MR) is 169 cm³/mol. The minimum absolute atomic E-state index is 0.458. The molecule has 0 unspecified atom stereocenters. The quantitative estimate of drug-likeness (QED) is 0.142. The van der Waals surface area contributed by atoms with Crippen molar-refractivity contribution in [2.45, 2.75) is 52.7 Å². The Balaban J connectivity index is 1.31. The standard InChI is InChI=1S/C35H35N5O3/c1-6-10-31-37-27-19-18-25(32-38-28-12-9-20-36-33(28)39(32)5)21-29(27)40(31)22-23-14-16-24(17-15-23)26-11-7-8-13-30(26)42-34(41)43-35(2,3)4/h7-9,11-21H,6,10,22H2,1-5H3. The van der Waals surface area contributed by atoms with Crippen LogP contribution in [0.15, 0.2) is 85.1 Å². The molecule has 3 heterocycles. The minimum atomic E-state index is -0.721. The van der Waals surface area contributed by atoms with Crippen LogP contribution in [0.4, 0.5) is 4.79 Å². The molecule has 8 heteroatoms. The molecule has 0 aliphatic carbocycles. The lowest BCUT2D eigenvalue weighted by atomic mass is 10.0. The van der Waals surface area contributed by atoms with Crippen LogP contribution in [0.2, 0.25) is 0 Å². The van der Waals surface area contributed by atoms with Crippen molar-refractivity contribution in [3.05, 3.63) is 96.4 Å². The van der Waals surface area contributed by atoms with Gasteiger partial charge in [0.25, 0.3) is 0 Å². The molecule has 0 radical (unpaired) electrons. The van der Waals surface area contributed by atoms with E-state index >= 15 is 0 Å². The highest BCUT2D eigenvalue weighted by Crippen LogP contribution is 2.32. The summed E-state index contributed by atoms with van der Waals surface area (Å²) in [5.74, 6) is 2.39. The molecule has 3 aromatic carbocycles. The van der Waals surface area contributed by atoms with Crippen molar-refractivity contribution in [2.75, 3.05) is 0 Å². The summed E-state index contributed by atoms with van der Waals surface area (Å²) in [7, 11) is 2.00. The van der Waals surface area contributed by atoms with E-state index in [1.54, 1.807) is 12.3 Å². The van der Waals surface area contributed by atoms with Crippen molar-refractivity contribution in [2.24, 2.45) is 7.05 Å². The second-order valence-electron chi connectivity index (χ2n) is 11.7. The first-order chi connectivity index (χ1) is 20.7. The molecule has 6 aromatic rings.